The van der Waals surface area contributed by atoms with Gasteiger partial charge in [-0.3, -0.25) is 14.4 Å². The molecule has 0 radical (unpaired) electrons. The molecule has 2 aromatic rings. The van der Waals surface area contributed by atoms with Crippen LogP contribution in [0.15, 0.2) is 35.9 Å². The average Bonchev–Trinajstić information content (AvgIpc) is 2.83. The van der Waals surface area contributed by atoms with E-state index in [4.69, 9.17) is 11.5 Å². The van der Waals surface area contributed by atoms with Gasteiger partial charge in [0.1, 0.15) is 17.4 Å². The molecular weight excluding hydrogens is 478 g/mol. The smallest absolute Gasteiger partial charge is 0.230 e. The minimum atomic E-state index is -2.61. The number of primary amides is 1. The van der Waals surface area contributed by atoms with Crippen molar-refractivity contribution in [1.29, 1.82) is 0 Å². The molecule has 2 fully saturated rings. The first-order valence-corrected chi connectivity index (χ1v) is 12.0. The highest BCUT2D eigenvalue weighted by atomic mass is 16.3. The first kappa shape index (κ1) is 24.8. The molecule has 0 bridgehead atoms. The lowest BCUT2D eigenvalue weighted by atomic mass is 9.56. The zero-order chi connectivity index (χ0) is 27.0. The number of aliphatic hydroxyl groups is 3. The number of amides is 1. The Morgan fingerprint density at radius 3 is 2.35 bits per heavy atom. The van der Waals surface area contributed by atoms with Crippen LogP contribution in [0.2, 0.25) is 0 Å². The summed E-state index contributed by atoms with van der Waals surface area (Å²) >= 11 is 0. The fourth-order valence-corrected chi connectivity index (χ4v) is 6.21. The molecule has 3 aliphatic carbocycles. The molecule has 5 rings (SSSR count). The molecule has 0 heterocycles. The van der Waals surface area contributed by atoms with Crippen molar-refractivity contribution >= 4 is 34.6 Å². The van der Waals surface area contributed by atoms with E-state index < -0.39 is 58.4 Å². The summed E-state index contributed by atoms with van der Waals surface area (Å²) in [5.41, 5.74) is 11.5. The third kappa shape index (κ3) is 3.43. The third-order valence-corrected chi connectivity index (χ3v) is 8.11. The number of benzene rings is 2. The molecule has 0 aromatic heterocycles. The van der Waals surface area contributed by atoms with Crippen molar-refractivity contribution in [2.45, 2.75) is 31.0 Å². The van der Waals surface area contributed by atoms with Crippen LogP contribution in [-0.2, 0) is 20.8 Å². The van der Waals surface area contributed by atoms with Gasteiger partial charge < -0.3 is 36.8 Å². The number of rotatable bonds is 3. The quantitative estimate of drug-likeness (QED) is 0.199. The molecule has 194 valence electrons. The number of Topliss-reactive ketones (excluding diaryl/α,β-unsaturated/α-hetero) is 2. The highest BCUT2D eigenvalue weighted by molar-refractivity contribution is 6.24. The Bertz CT molecular complexity index is 1380. The van der Waals surface area contributed by atoms with Crippen molar-refractivity contribution in [3.05, 3.63) is 47.0 Å². The number of hydrogen-bond donors (Lipinski definition) is 6. The van der Waals surface area contributed by atoms with Crippen molar-refractivity contribution in [2.75, 3.05) is 24.7 Å². The van der Waals surface area contributed by atoms with E-state index in [9.17, 15) is 34.8 Å². The van der Waals surface area contributed by atoms with Crippen LogP contribution < -0.4 is 16.4 Å². The highest BCUT2D eigenvalue weighted by Gasteiger charge is 2.64. The number of phenols is 1. The predicted molar refractivity (Wildman–Crippen MR) is 135 cm³/mol. The van der Waals surface area contributed by atoms with E-state index >= 15 is 0 Å². The van der Waals surface area contributed by atoms with E-state index in [1.54, 1.807) is 6.07 Å². The van der Waals surface area contributed by atoms with Crippen LogP contribution in [0.25, 0.3) is 16.9 Å². The summed E-state index contributed by atoms with van der Waals surface area (Å²) in [6.45, 7) is 0. The van der Waals surface area contributed by atoms with Gasteiger partial charge in [-0.25, -0.2) is 0 Å². The second-order valence-corrected chi connectivity index (χ2v) is 10.4. The van der Waals surface area contributed by atoms with Gasteiger partial charge in [0.2, 0.25) is 11.7 Å². The Morgan fingerprint density at radius 2 is 1.76 bits per heavy atom. The second kappa shape index (κ2) is 8.32. The number of nitrogens with zero attached hydrogens (tertiary/aromatic N) is 1. The van der Waals surface area contributed by atoms with Crippen LogP contribution in [0.4, 0.5) is 11.4 Å². The van der Waals surface area contributed by atoms with Gasteiger partial charge in [-0.15, -0.1) is 0 Å². The van der Waals surface area contributed by atoms with Crippen molar-refractivity contribution in [3.8, 4) is 16.9 Å². The summed E-state index contributed by atoms with van der Waals surface area (Å²) < 4.78 is 0. The largest absolute Gasteiger partial charge is 0.507 e. The molecule has 37 heavy (non-hydrogen) atoms. The maximum absolute atomic E-state index is 13.6. The molecule has 5 atom stereocenters. The van der Waals surface area contributed by atoms with Gasteiger partial charge in [-0.1, -0.05) is 12.1 Å². The van der Waals surface area contributed by atoms with Gasteiger partial charge in [0.25, 0.3) is 0 Å². The fraction of sp³-hybridized carbons (Fsp3) is 0.370. The molecule has 3 aliphatic rings. The van der Waals surface area contributed by atoms with E-state index in [2.05, 4.69) is 0 Å². The number of aromatic hydroxyl groups is 1. The average molecular weight is 508 g/mol. The zero-order valence-corrected chi connectivity index (χ0v) is 20.4. The van der Waals surface area contributed by atoms with Crippen LogP contribution in [-0.4, -0.2) is 63.7 Å². The molecule has 10 nitrogen and oxygen atoms in total. The summed E-state index contributed by atoms with van der Waals surface area (Å²) in [6.07, 6.45) is -1.29. The van der Waals surface area contributed by atoms with Crippen LogP contribution >= 0.6 is 0 Å². The third-order valence-electron chi connectivity index (χ3n) is 8.11. The van der Waals surface area contributed by atoms with Crippen molar-refractivity contribution in [3.63, 3.8) is 0 Å². The molecule has 10 heteroatoms. The van der Waals surface area contributed by atoms with E-state index in [1.807, 2.05) is 43.3 Å². The Labute approximate surface area is 212 Å². The fourth-order valence-electron chi connectivity index (χ4n) is 6.21. The monoisotopic (exact) mass is 507 g/mol. The summed E-state index contributed by atoms with van der Waals surface area (Å²) in [5.74, 6) is -7.62. The van der Waals surface area contributed by atoms with Crippen molar-refractivity contribution in [2.24, 2.45) is 23.5 Å². The van der Waals surface area contributed by atoms with Gasteiger partial charge in [0.15, 0.2) is 11.4 Å². The van der Waals surface area contributed by atoms with Gasteiger partial charge in [-0.05, 0) is 60.1 Å². The Kier molecular flexibility index (Phi) is 5.58. The highest BCUT2D eigenvalue weighted by Crippen LogP contribution is 2.53. The molecule has 1 amide bonds. The minimum absolute atomic E-state index is 0.0125. The molecule has 8 N–H and O–H groups in total. The minimum Gasteiger partial charge on any atom is -0.507 e. The number of fused-ring (bicyclic) bond motifs is 3. The number of anilines is 2. The topological polar surface area (TPSA) is 187 Å². The van der Waals surface area contributed by atoms with Crippen LogP contribution in [0.5, 0.6) is 5.75 Å². The lowest BCUT2D eigenvalue weighted by molar-refractivity contribution is -0.174. The maximum atomic E-state index is 13.6. The molecule has 2 unspecified atom stereocenters. The van der Waals surface area contributed by atoms with Crippen LogP contribution in [0.3, 0.4) is 0 Å². The van der Waals surface area contributed by atoms with E-state index in [-0.39, 0.29) is 36.1 Å². The zero-order valence-electron chi connectivity index (χ0n) is 20.4. The number of nitrogen functional groups attached to an aromatic ring is 1. The summed E-state index contributed by atoms with van der Waals surface area (Å²) in [7, 11) is 3.83. The van der Waals surface area contributed by atoms with Gasteiger partial charge in [0.05, 0.1) is 17.4 Å². The number of carbonyl (C=O) groups excluding carboxylic acids is 3. The SMILES string of the molecule is CN(C)c1ccc(-c2cc(N)c(O)c3c2C[C@H]2C[C@H]4CC(O)C(C(N)=O)C(=O)[C@@]4(O)C(=O)C2=C3O)cc1. The molecule has 0 spiro atoms. The summed E-state index contributed by atoms with van der Waals surface area (Å²) in [5, 5.41) is 43.9. The van der Waals surface area contributed by atoms with Crippen LogP contribution in [0, 0.1) is 17.8 Å². The Hall–Kier alpha value is -3.89. The number of hydrogen-bond acceptors (Lipinski definition) is 9. The van der Waals surface area contributed by atoms with Gasteiger partial charge in [-0.2, -0.15) is 0 Å². The standard InChI is InChI=1S/C27H29N3O7/c1-30(2)14-5-3-11(4-6-14)15-10-17(28)22(32)20-16(15)8-12-7-13-9-18(31)21(26(29)36)25(35)27(13,37)24(34)19(12)23(20)33/h3-6,10,12-13,18,21,31-33,37H,7-9,28H2,1-2H3,(H2,29,36)/t12-,13+,18?,21?,27+/m1/s1. The lowest BCUT2D eigenvalue weighted by Crippen LogP contribution is -2.66. The van der Waals surface area contributed by atoms with Gasteiger partial charge >= 0.3 is 0 Å². The second-order valence-electron chi connectivity index (χ2n) is 10.4. The number of phenolic OH excluding ortho intramolecular Hbond substituents is 1. The summed E-state index contributed by atoms with van der Waals surface area (Å²) in [6, 6.07) is 9.24. The molecular formula is C27H29N3O7. The number of carbonyl (C=O) groups is 3. The van der Waals surface area contributed by atoms with E-state index in [0.717, 1.165) is 11.3 Å². The van der Waals surface area contributed by atoms with E-state index in [0.29, 0.717) is 11.1 Å². The maximum Gasteiger partial charge on any atom is 0.230 e. The van der Waals surface area contributed by atoms with E-state index in [1.165, 1.54) is 0 Å². The Morgan fingerprint density at radius 1 is 1.11 bits per heavy atom. The molecule has 0 saturated heterocycles. The molecule has 2 saturated carbocycles. The first-order chi connectivity index (χ1) is 17.4. The molecule has 0 aliphatic heterocycles. The number of ketones is 2. The number of nitrogens with two attached hydrogens (primary N) is 2. The Balaban J connectivity index is 1.67. The molecule has 2 aromatic carbocycles. The van der Waals surface area contributed by atoms with Gasteiger partial charge in [0, 0.05) is 31.3 Å². The number of aliphatic hydroxyl groups excluding tert-OH is 2. The normalized spacial score (nSPS) is 28.9. The first-order valence-electron chi connectivity index (χ1n) is 12.0. The lowest BCUT2D eigenvalue weighted by Gasteiger charge is -2.48. The summed E-state index contributed by atoms with van der Waals surface area (Å²) in [4.78, 5) is 40.5. The van der Waals surface area contributed by atoms with Crippen molar-refractivity contribution in [1.82, 2.24) is 0 Å². The van der Waals surface area contributed by atoms with Crippen LogP contribution in [0.1, 0.15) is 24.0 Å². The van der Waals surface area contributed by atoms with Crippen molar-refractivity contribution < 1.29 is 34.8 Å². The predicted octanol–water partition coefficient (Wildman–Crippen LogP) is 0.904.